The summed E-state index contributed by atoms with van der Waals surface area (Å²) in [5.41, 5.74) is 1.15. The van der Waals surface area contributed by atoms with E-state index in [0.717, 1.165) is 50.0 Å². The predicted octanol–water partition coefficient (Wildman–Crippen LogP) is 3.70. The van der Waals surface area contributed by atoms with Crippen LogP contribution in [0.5, 0.6) is 0 Å². The van der Waals surface area contributed by atoms with E-state index >= 15 is 0 Å². The summed E-state index contributed by atoms with van der Waals surface area (Å²) in [6.07, 6.45) is 3.03. The molecule has 8 heteroatoms. The lowest BCUT2D eigenvalue weighted by atomic mass is 9.85. The van der Waals surface area contributed by atoms with Crippen LogP contribution < -0.4 is 10.6 Å². The largest absolute Gasteiger partial charge is 0.379 e. The normalized spacial score (nSPS) is 21.9. The molecule has 0 radical (unpaired) electrons. The Kier molecular flexibility index (Phi) is 12.5. The number of carbonyl (C=O) groups excluding carboxylic acids is 1. The highest BCUT2D eigenvalue weighted by Gasteiger charge is 2.25. The van der Waals surface area contributed by atoms with Gasteiger partial charge in [-0.2, -0.15) is 0 Å². The Labute approximate surface area is 192 Å². The van der Waals surface area contributed by atoms with Crippen LogP contribution in [0.3, 0.4) is 0 Å². The van der Waals surface area contributed by atoms with Crippen molar-refractivity contribution >= 4 is 42.3 Å². The number of rotatable bonds is 7. The van der Waals surface area contributed by atoms with Gasteiger partial charge >= 0.3 is 0 Å². The van der Waals surface area contributed by atoms with Crippen LogP contribution >= 0.6 is 36.4 Å². The first kappa shape index (κ1) is 26.5. The molecule has 3 atom stereocenters. The van der Waals surface area contributed by atoms with E-state index in [1.165, 1.54) is 12.8 Å². The van der Waals surface area contributed by atoms with E-state index in [1.807, 2.05) is 18.2 Å². The lowest BCUT2D eigenvalue weighted by Crippen LogP contribution is -2.44. The van der Waals surface area contributed by atoms with Crippen molar-refractivity contribution in [1.29, 1.82) is 0 Å². The fourth-order valence-corrected chi connectivity index (χ4v) is 4.37. The Morgan fingerprint density at radius 2 is 2.10 bits per heavy atom. The van der Waals surface area contributed by atoms with Gasteiger partial charge in [-0.05, 0) is 55.5 Å². The van der Waals surface area contributed by atoms with Gasteiger partial charge < -0.3 is 15.4 Å². The molecule has 2 fully saturated rings. The molecule has 2 heterocycles. The van der Waals surface area contributed by atoms with Crippen molar-refractivity contribution in [3.8, 4) is 0 Å². The van der Waals surface area contributed by atoms with Crippen LogP contribution in [0, 0.1) is 11.8 Å². The quantitative estimate of drug-likeness (QED) is 0.643. The van der Waals surface area contributed by atoms with Gasteiger partial charge in [0.25, 0.3) is 0 Å². The Morgan fingerprint density at radius 3 is 2.76 bits per heavy atom. The molecule has 2 N–H and O–H groups in total. The van der Waals surface area contributed by atoms with E-state index in [0.29, 0.717) is 24.8 Å². The molecule has 1 aromatic rings. The number of piperidine rings is 1. The van der Waals surface area contributed by atoms with Gasteiger partial charge in [0.15, 0.2) is 0 Å². The molecule has 0 spiro atoms. The zero-order chi connectivity index (χ0) is 19.1. The Balaban J connectivity index is 0.00000210. The smallest absolute Gasteiger partial charge is 0.220 e. The van der Waals surface area contributed by atoms with Gasteiger partial charge in [0.1, 0.15) is 0 Å². The number of nitrogens with zero attached hydrogens (tertiary/aromatic N) is 1. The molecule has 1 amide bonds. The van der Waals surface area contributed by atoms with Gasteiger partial charge in [0, 0.05) is 31.1 Å². The molecule has 166 valence electrons. The number of amides is 1. The molecule has 0 aromatic heterocycles. The summed E-state index contributed by atoms with van der Waals surface area (Å²) >= 11 is 6.21. The fraction of sp³-hybridized carbons (Fsp3) is 0.667. The maximum absolute atomic E-state index is 12.6. The second kappa shape index (κ2) is 13.7. The summed E-state index contributed by atoms with van der Waals surface area (Å²) in [6, 6.07) is 8.09. The maximum atomic E-state index is 12.6. The Bertz CT molecular complexity index is 609. The van der Waals surface area contributed by atoms with E-state index in [2.05, 4.69) is 28.5 Å². The van der Waals surface area contributed by atoms with Crippen LogP contribution in [0.1, 0.15) is 37.8 Å². The zero-order valence-corrected chi connectivity index (χ0v) is 19.5. The minimum Gasteiger partial charge on any atom is -0.379 e. The van der Waals surface area contributed by atoms with E-state index in [-0.39, 0.29) is 36.8 Å². The lowest BCUT2D eigenvalue weighted by Gasteiger charge is -2.35. The topological polar surface area (TPSA) is 53.6 Å². The molecule has 29 heavy (non-hydrogen) atoms. The summed E-state index contributed by atoms with van der Waals surface area (Å²) in [7, 11) is 0. The van der Waals surface area contributed by atoms with Crippen LogP contribution in [0.4, 0.5) is 0 Å². The van der Waals surface area contributed by atoms with Gasteiger partial charge in [-0.25, -0.2) is 0 Å². The van der Waals surface area contributed by atoms with Gasteiger partial charge in [0.2, 0.25) is 5.91 Å². The van der Waals surface area contributed by atoms with Gasteiger partial charge in [-0.1, -0.05) is 30.7 Å². The lowest BCUT2D eigenvalue weighted by molar-refractivity contribution is -0.122. The number of ether oxygens (including phenoxy) is 1. The van der Waals surface area contributed by atoms with Crippen molar-refractivity contribution < 1.29 is 9.53 Å². The molecule has 1 aromatic carbocycles. The van der Waals surface area contributed by atoms with Crippen LogP contribution in [0.2, 0.25) is 5.02 Å². The highest BCUT2D eigenvalue weighted by molar-refractivity contribution is 6.30. The Hall–Kier alpha value is -0.560. The molecule has 3 rings (SSSR count). The monoisotopic (exact) mass is 465 g/mol. The standard InChI is InChI=1S/C21H32ClN3O2.2ClH/c1-16(18-5-3-7-23-14-18)12-21(26)24-15-20(25-8-10-27-11-9-25)17-4-2-6-19(22)13-17;;/h2,4,6,13,16,18,20,23H,3,5,7-12,14-15H2,1H3,(H,24,26);2*1H. The van der Waals surface area contributed by atoms with Gasteiger partial charge in [-0.15, -0.1) is 24.8 Å². The Morgan fingerprint density at radius 1 is 1.34 bits per heavy atom. The van der Waals surface area contributed by atoms with Crippen molar-refractivity contribution in [2.24, 2.45) is 11.8 Å². The number of hydrogen-bond donors (Lipinski definition) is 2. The molecule has 2 aliphatic heterocycles. The van der Waals surface area contributed by atoms with Crippen molar-refractivity contribution in [1.82, 2.24) is 15.5 Å². The van der Waals surface area contributed by atoms with E-state index in [1.54, 1.807) is 0 Å². The van der Waals surface area contributed by atoms with Gasteiger partial charge in [0.05, 0.1) is 19.3 Å². The van der Waals surface area contributed by atoms with E-state index in [4.69, 9.17) is 16.3 Å². The minimum atomic E-state index is 0. The second-order valence-corrected chi connectivity index (χ2v) is 8.25. The first-order valence-electron chi connectivity index (χ1n) is 10.2. The number of hydrogen-bond acceptors (Lipinski definition) is 4. The number of morpholine rings is 1. The third kappa shape index (κ3) is 8.23. The molecule has 5 nitrogen and oxygen atoms in total. The highest BCUT2D eigenvalue weighted by Crippen LogP contribution is 2.25. The van der Waals surface area contributed by atoms with Crippen LogP contribution in [0.15, 0.2) is 24.3 Å². The molecule has 0 aliphatic carbocycles. The summed E-state index contributed by atoms with van der Waals surface area (Å²) in [4.78, 5) is 15.0. The van der Waals surface area contributed by atoms with Crippen molar-refractivity contribution in [3.05, 3.63) is 34.9 Å². The molecule has 0 saturated carbocycles. The van der Waals surface area contributed by atoms with Crippen molar-refractivity contribution in [2.75, 3.05) is 45.9 Å². The number of carbonyl (C=O) groups is 1. The first-order valence-corrected chi connectivity index (χ1v) is 10.6. The zero-order valence-electron chi connectivity index (χ0n) is 17.1. The third-order valence-electron chi connectivity index (χ3n) is 5.86. The number of nitrogens with one attached hydrogen (secondary N) is 2. The van der Waals surface area contributed by atoms with Crippen molar-refractivity contribution in [2.45, 2.75) is 32.2 Å². The van der Waals surface area contributed by atoms with Crippen LogP contribution in [-0.4, -0.2) is 56.7 Å². The van der Waals surface area contributed by atoms with E-state index < -0.39 is 0 Å². The summed E-state index contributed by atoms with van der Waals surface area (Å²) in [5, 5.41) is 7.36. The maximum Gasteiger partial charge on any atom is 0.220 e. The average Bonchev–Trinajstić information content (AvgIpc) is 2.70. The molecule has 3 unspecified atom stereocenters. The molecular formula is C21H34Cl3N3O2. The third-order valence-corrected chi connectivity index (χ3v) is 6.09. The number of benzene rings is 1. The predicted molar refractivity (Wildman–Crippen MR) is 123 cm³/mol. The average molecular weight is 467 g/mol. The summed E-state index contributed by atoms with van der Waals surface area (Å²) in [6.45, 7) is 8.16. The number of halogens is 3. The van der Waals surface area contributed by atoms with Crippen LogP contribution in [-0.2, 0) is 9.53 Å². The minimum absolute atomic E-state index is 0. The van der Waals surface area contributed by atoms with Crippen molar-refractivity contribution in [3.63, 3.8) is 0 Å². The molecule has 0 bridgehead atoms. The second-order valence-electron chi connectivity index (χ2n) is 7.81. The van der Waals surface area contributed by atoms with E-state index in [9.17, 15) is 4.79 Å². The molecule has 2 aliphatic rings. The fourth-order valence-electron chi connectivity index (χ4n) is 4.17. The summed E-state index contributed by atoms with van der Waals surface area (Å²) in [5.74, 6) is 1.16. The van der Waals surface area contributed by atoms with Crippen LogP contribution in [0.25, 0.3) is 0 Å². The molecular weight excluding hydrogens is 433 g/mol. The molecule has 2 saturated heterocycles. The highest BCUT2D eigenvalue weighted by atomic mass is 35.5. The SMILES string of the molecule is CC(CC(=O)NCC(c1cccc(Cl)c1)N1CCOCC1)C1CCCNC1.Cl.Cl. The van der Waals surface area contributed by atoms with Gasteiger partial charge in [-0.3, -0.25) is 9.69 Å². The summed E-state index contributed by atoms with van der Waals surface area (Å²) < 4.78 is 5.49. The first-order chi connectivity index (χ1) is 13.1.